The predicted molar refractivity (Wildman–Crippen MR) is 107 cm³/mol. The molecule has 1 fully saturated rings. The highest BCUT2D eigenvalue weighted by Crippen LogP contribution is 2.24. The Morgan fingerprint density at radius 1 is 1.07 bits per heavy atom. The molecule has 0 radical (unpaired) electrons. The fraction of sp³-hybridized carbons (Fsp3) is 0.524. The van der Waals surface area contributed by atoms with E-state index in [9.17, 15) is 9.59 Å². The standard InChI is InChI=1S/C21H28N4O2/c1-23-11-13-24(14-12-23)9-4-7-20(26)25-10-8-19-18(15-25)16-5-2-3-6-17(16)21(27)22-19/h2-3,5-6H,4,7-15H2,1H3,(H,22,27). The minimum absolute atomic E-state index is 0.0312. The molecule has 6 nitrogen and oxygen atoms in total. The van der Waals surface area contributed by atoms with Gasteiger partial charge in [0.25, 0.3) is 5.56 Å². The van der Waals surface area contributed by atoms with E-state index in [4.69, 9.17) is 0 Å². The third kappa shape index (κ3) is 3.92. The highest BCUT2D eigenvalue weighted by atomic mass is 16.2. The quantitative estimate of drug-likeness (QED) is 0.887. The van der Waals surface area contributed by atoms with Gasteiger partial charge in [-0.05, 0) is 37.0 Å². The highest BCUT2D eigenvalue weighted by molar-refractivity contribution is 5.86. The number of hydrogen-bond donors (Lipinski definition) is 1. The van der Waals surface area contributed by atoms with E-state index in [2.05, 4.69) is 21.8 Å². The lowest BCUT2D eigenvalue weighted by Gasteiger charge is -2.33. The molecule has 0 aliphatic carbocycles. The van der Waals surface area contributed by atoms with E-state index < -0.39 is 0 Å². The lowest BCUT2D eigenvalue weighted by Crippen LogP contribution is -2.45. The van der Waals surface area contributed by atoms with Crippen molar-refractivity contribution in [2.75, 3.05) is 46.3 Å². The Bertz CT molecular complexity index is 883. The molecule has 0 spiro atoms. The predicted octanol–water partition coefficient (Wildman–Crippen LogP) is 1.44. The number of benzene rings is 1. The molecule has 2 aliphatic heterocycles. The number of fused-ring (bicyclic) bond motifs is 3. The van der Waals surface area contributed by atoms with Gasteiger partial charge in [-0.15, -0.1) is 0 Å². The van der Waals surface area contributed by atoms with Crippen LogP contribution in [-0.2, 0) is 17.8 Å². The molecule has 4 rings (SSSR count). The first kappa shape index (κ1) is 18.2. The average molecular weight is 368 g/mol. The number of carbonyl (C=O) groups is 1. The number of amides is 1. The van der Waals surface area contributed by atoms with Crippen LogP contribution in [0.5, 0.6) is 0 Å². The van der Waals surface area contributed by atoms with Gasteiger partial charge in [-0.1, -0.05) is 18.2 Å². The normalized spacial score (nSPS) is 18.6. The molecule has 1 aromatic heterocycles. The molecule has 1 aromatic carbocycles. The van der Waals surface area contributed by atoms with E-state index in [1.165, 1.54) is 0 Å². The maximum Gasteiger partial charge on any atom is 0.256 e. The number of pyridine rings is 1. The summed E-state index contributed by atoms with van der Waals surface area (Å²) < 4.78 is 0. The first-order valence-electron chi connectivity index (χ1n) is 9.93. The van der Waals surface area contributed by atoms with E-state index in [0.29, 0.717) is 24.9 Å². The van der Waals surface area contributed by atoms with Crippen LogP contribution < -0.4 is 5.56 Å². The van der Waals surface area contributed by atoms with Crippen LogP contribution in [0.25, 0.3) is 10.8 Å². The number of nitrogens with one attached hydrogen (secondary N) is 1. The summed E-state index contributed by atoms with van der Waals surface area (Å²) in [6, 6.07) is 7.68. The summed E-state index contributed by atoms with van der Waals surface area (Å²) in [5.74, 6) is 0.227. The van der Waals surface area contributed by atoms with E-state index in [0.717, 1.165) is 62.2 Å². The van der Waals surface area contributed by atoms with Crippen molar-refractivity contribution in [3.05, 3.63) is 45.9 Å². The number of aromatic nitrogens is 1. The SMILES string of the molecule is CN1CCN(CCCC(=O)N2CCc3[nH]c(=O)c4ccccc4c3C2)CC1. The summed E-state index contributed by atoms with van der Waals surface area (Å²) in [6.45, 7) is 6.71. The van der Waals surface area contributed by atoms with Gasteiger partial charge in [0.1, 0.15) is 0 Å². The van der Waals surface area contributed by atoms with Crippen molar-refractivity contribution < 1.29 is 4.79 Å². The second kappa shape index (κ2) is 7.82. The van der Waals surface area contributed by atoms with Gasteiger partial charge in [0, 0.05) is 63.2 Å². The molecule has 3 heterocycles. The third-order valence-electron chi connectivity index (χ3n) is 5.92. The van der Waals surface area contributed by atoms with Crippen molar-refractivity contribution in [3.8, 4) is 0 Å². The minimum atomic E-state index is -0.0312. The molecule has 0 atom stereocenters. The summed E-state index contributed by atoms with van der Waals surface area (Å²) in [5, 5.41) is 1.69. The van der Waals surface area contributed by atoms with Crippen molar-refractivity contribution >= 4 is 16.7 Å². The van der Waals surface area contributed by atoms with Crippen LogP contribution in [0.15, 0.2) is 29.1 Å². The number of piperazine rings is 1. The zero-order chi connectivity index (χ0) is 18.8. The molecular weight excluding hydrogens is 340 g/mol. The first-order valence-corrected chi connectivity index (χ1v) is 9.93. The summed E-state index contributed by atoms with van der Waals surface area (Å²) in [6.07, 6.45) is 2.24. The van der Waals surface area contributed by atoms with Gasteiger partial charge in [0.15, 0.2) is 0 Å². The molecular formula is C21H28N4O2. The highest BCUT2D eigenvalue weighted by Gasteiger charge is 2.23. The molecule has 2 aliphatic rings. The number of hydrogen-bond acceptors (Lipinski definition) is 4. The van der Waals surface area contributed by atoms with Crippen LogP contribution in [0.2, 0.25) is 0 Å². The molecule has 144 valence electrons. The zero-order valence-corrected chi connectivity index (χ0v) is 16.0. The molecule has 0 bridgehead atoms. The second-order valence-corrected chi connectivity index (χ2v) is 7.77. The molecule has 1 saturated heterocycles. The van der Waals surface area contributed by atoms with Crippen LogP contribution in [0.4, 0.5) is 0 Å². The minimum Gasteiger partial charge on any atom is -0.338 e. The van der Waals surface area contributed by atoms with Gasteiger partial charge < -0.3 is 19.7 Å². The van der Waals surface area contributed by atoms with E-state index in [1.807, 2.05) is 29.2 Å². The third-order valence-corrected chi connectivity index (χ3v) is 5.92. The van der Waals surface area contributed by atoms with E-state index >= 15 is 0 Å². The molecule has 2 aromatic rings. The lowest BCUT2D eigenvalue weighted by atomic mass is 9.98. The lowest BCUT2D eigenvalue weighted by molar-refractivity contribution is -0.132. The number of nitrogens with zero attached hydrogens (tertiary/aromatic N) is 3. The largest absolute Gasteiger partial charge is 0.338 e. The summed E-state index contributed by atoms with van der Waals surface area (Å²) in [5.41, 5.74) is 2.06. The Balaban J connectivity index is 1.38. The number of rotatable bonds is 4. The fourth-order valence-corrected chi connectivity index (χ4v) is 4.19. The Morgan fingerprint density at radius 2 is 1.81 bits per heavy atom. The van der Waals surface area contributed by atoms with Gasteiger partial charge in [-0.2, -0.15) is 0 Å². The van der Waals surface area contributed by atoms with E-state index in [-0.39, 0.29) is 11.5 Å². The average Bonchev–Trinajstić information content (AvgIpc) is 2.69. The van der Waals surface area contributed by atoms with Crippen molar-refractivity contribution in [2.45, 2.75) is 25.8 Å². The van der Waals surface area contributed by atoms with Gasteiger partial charge in [0.2, 0.25) is 5.91 Å². The Labute approximate surface area is 159 Å². The Hall–Kier alpha value is -2.18. The number of aromatic amines is 1. The molecule has 27 heavy (non-hydrogen) atoms. The topological polar surface area (TPSA) is 59.6 Å². The molecule has 0 unspecified atom stereocenters. The van der Waals surface area contributed by atoms with Crippen molar-refractivity contribution in [3.63, 3.8) is 0 Å². The summed E-state index contributed by atoms with van der Waals surface area (Å²) in [4.78, 5) is 34.7. The van der Waals surface area contributed by atoms with Crippen molar-refractivity contribution in [1.29, 1.82) is 0 Å². The smallest absolute Gasteiger partial charge is 0.256 e. The number of carbonyl (C=O) groups excluding carboxylic acids is 1. The summed E-state index contributed by atoms with van der Waals surface area (Å²) in [7, 11) is 2.16. The van der Waals surface area contributed by atoms with Crippen molar-refractivity contribution in [1.82, 2.24) is 19.7 Å². The zero-order valence-electron chi connectivity index (χ0n) is 16.0. The van der Waals surface area contributed by atoms with E-state index in [1.54, 1.807) is 0 Å². The Kier molecular flexibility index (Phi) is 5.27. The summed E-state index contributed by atoms with van der Waals surface area (Å²) >= 11 is 0. The molecule has 1 N–H and O–H groups in total. The molecule has 0 saturated carbocycles. The van der Waals surface area contributed by atoms with Gasteiger partial charge in [0.05, 0.1) is 0 Å². The molecule has 6 heteroatoms. The maximum absolute atomic E-state index is 12.7. The number of likely N-dealkylation sites (N-methyl/N-ethyl adjacent to an activating group) is 1. The second-order valence-electron chi connectivity index (χ2n) is 7.77. The fourth-order valence-electron chi connectivity index (χ4n) is 4.19. The van der Waals surface area contributed by atoms with Crippen molar-refractivity contribution in [2.24, 2.45) is 0 Å². The first-order chi connectivity index (χ1) is 13.1. The van der Waals surface area contributed by atoms with Crippen LogP contribution in [-0.4, -0.2) is 71.9 Å². The maximum atomic E-state index is 12.7. The van der Waals surface area contributed by atoms with Crippen LogP contribution >= 0.6 is 0 Å². The van der Waals surface area contributed by atoms with Crippen LogP contribution in [0.3, 0.4) is 0 Å². The van der Waals surface area contributed by atoms with Gasteiger partial charge >= 0.3 is 0 Å². The molecule has 1 amide bonds. The Morgan fingerprint density at radius 3 is 2.59 bits per heavy atom. The van der Waals surface area contributed by atoms with Crippen LogP contribution in [0.1, 0.15) is 24.1 Å². The van der Waals surface area contributed by atoms with Gasteiger partial charge in [-0.25, -0.2) is 0 Å². The van der Waals surface area contributed by atoms with Crippen LogP contribution in [0, 0.1) is 0 Å². The van der Waals surface area contributed by atoms with Gasteiger partial charge in [-0.3, -0.25) is 9.59 Å². The monoisotopic (exact) mass is 368 g/mol. The number of H-pyrrole nitrogens is 1.